The first kappa shape index (κ1) is 22.9. The topological polar surface area (TPSA) is 84.0 Å². The summed E-state index contributed by atoms with van der Waals surface area (Å²) in [7, 11) is 3.07. The zero-order chi connectivity index (χ0) is 22.1. The van der Waals surface area contributed by atoms with Crippen molar-refractivity contribution in [3.05, 3.63) is 53.3 Å². The fourth-order valence-corrected chi connectivity index (χ4v) is 2.47. The summed E-state index contributed by atoms with van der Waals surface area (Å²) in [6.07, 6.45) is 0. The minimum Gasteiger partial charge on any atom is -0.493 e. The normalized spacial score (nSPS) is 11.1. The van der Waals surface area contributed by atoms with Gasteiger partial charge in [-0.3, -0.25) is 4.79 Å². The van der Waals surface area contributed by atoms with Crippen molar-refractivity contribution in [3.63, 3.8) is 0 Å². The predicted octanol–water partition coefficient (Wildman–Crippen LogP) is 2.81. The highest BCUT2D eigenvalue weighted by Crippen LogP contribution is 2.27. The van der Waals surface area contributed by atoms with Crippen molar-refractivity contribution in [3.8, 4) is 11.5 Å². The van der Waals surface area contributed by atoms with Crippen molar-refractivity contribution >= 4 is 17.6 Å². The number of hydrogen-bond acceptors (Lipinski definition) is 4. The molecule has 3 N–H and O–H groups in total. The average molecular weight is 424 g/mol. The van der Waals surface area contributed by atoms with E-state index in [-0.39, 0.29) is 13.1 Å². The van der Waals surface area contributed by atoms with Crippen molar-refractivity contribution in [1.82, 2.24) is 10.6 Å². The molecule has 0 aliphatic heterocycles. The Morgan fingerprint density at radius 3 is 2.40 bits per heavy atom. The average Bonchev–Trinajstić information content (AvgIpc) is 2.75. The Balaban J connectivity index is 2.00. The number of amides is 1. The van der Waals surface area contributed by atoms with E-state index in [1.807, 2.05) is 13.0 Å². The summed E-state index contributed by atoms with van der Waals surface area (Å²) in [5.41, 5.74) is 0.395. The molecule has 0 unspecified atom stereocenters. The van der Waals surface area contributed by atoms with Gasteiger partial charge in [-0.25, -0.2) is 18.2 Å². The van der Waals surface area contributed by atoms with Gasteiger partial charge in [-0.2, -0.15) is 0 Å². The number of guanidine groups is 1. The van der Waals surface area contributed by atoms with E-state index in [2.05, 4.69) is 20.9 Å². The number of ether oxygens (including phenoxy) is 2. The van der Waals surface area contributed by atoms with Crippen LogP contribution in [-0.2, 0) is 11.3 Å². The van der Waals surface area contributed by atoms with Crippen LogP contribution in [0, 0.1) is 17.5 Å². The van der Waals surface area contributed by atoms with Gasteiger partial charge in [0.2, 0.25) is 5.91 Å². The third-order valence-corrected chi connectivity index (χ3v) is 3.94. The molecule has 0 atom stereocenters. The zero-order valence-corrected chi connectivity index (χ0v) is 16.8. The lowest BCUT2D eigenvalue weighted by molar-refractivity contribution is -0.115. The standard InChI is InChI=1S/C20H23F3N4O3/c1-4-24-20(25-10-12-5-8-15(29-2)16(9-12)30-3)26-11-17(28)27-14-7-6-13(21)18(22)19(14)23/h5-9H,4,10-11H2,1-3H3,(H,27,28)(H2,24,25,26). The summed E-state index contributed by atoms with van der Waals surface area (Å²) in [6.45, 7) is 2.41. The van der Waals surface area contributed by atoms with Crippen LogP contribution in [0.5, 0.6) is 11.5 Å². The summed E-state index contributed by atoms with van der Waals surface area (Å²) < 4.78 is 50.3. The number of aliphatic imine (C=N–C) groups is 1. The van der Waals surface area contributed by atoms with Crippen LogP contribution >= 0.6 is 0 Å². The van der Waals surface area contributed by atoms with Gasteiger partial charge < -0.3 is 25.4 Å². The Morgan fingerprint density at radius 2 is 1.73 bits per heavy atom. The molecule has 2 rings (SSSR count). The smallest absolute Gasteiger partial charge is 0.243 e. The van der Waals surface area contributed by atoms with Crippen LogP contribution < -0.4 is 25.4 Å². The van der Waals surface area contributed by atoms with E-state index in [0.717, 1.165) is 17.7 Å². The molecule has 10 heteroatoms. The van der Waals surface area contributed by atoms with E-state index in [9.17, 15) is 18.0 Å². The van der Waals surface area contributed by atoms with E-state index < -0.39 is 29.0 Å². The number of benzene rings is 2. The third kappa shape index (κ3) is 6.03. The molecule has 0 saturated carbocycles. The second kappa shape index (κ2) is 10.9. The van der Waals surface area contributed by atoms with Crippen molar-refractivity contribution in [1.29, 1.82) is 0 Å². The largest absolute Gasteiger partial charge is 0.493 e. The summed E-state index contributed by atoms with van der Waals surface area (Å²) in [6, 6.07) is 7.05. The summed E-state index contributed by atoms with van der Waals surface area (Å²) in [5, 5.41) is 7.94. The van der Waals surface area contributed by atoms with Gasteiger partial charge in [0.05, 0.1) is 33.0 Å². The Labute approximate surface area is 172 Å². The summed E-state index contributed by atoms with van der Waals surface area (Å²) in [4.78, 5) is 16.4. The molecule has 0 saturated heterocycles. The highest BCUT2D eigenvalue weighted by molar-refractivity contribution is 5.95. The van der Waals surface area contributed by atoms with Gasteiger partial charge in [-0.05, 0) is 36.8 Å². The SMILES string of the molecule is CCNC(=NCc1ccc(OC)c(OC)c1)NCC(=O)Nc1ccc(F)c(F)c1F. The van der Waals surface area contributed by atoms with E-state index in [1.54, 1.807) is 19.2 Å². The number of hydrogen-bond donors (Lipinski definition) is 3. The van der Waals surface area contributed by atoms with E-state index >= 15 is 0 Å². The van der Waals surface area contributed by atoms with Crippen molar-refractivity contribution < 1.29 is 27.4 Å². The second-order valence-electron chi connectivity index (χ2n) is 6.01. The molecule has 1 amide bonds. The zero-order valence-electron chi connectivity index (χ0n) is 16.8. The molecule has 0 bridgehead atoms. The molecule has 0 aliphatic rings. The van der Waals surface area contributed by atoms with Crippen molar-refractivity contribution in [2.45, 2.75) is 13.5 Å². The quantitative estimate of drug-likeness (QED) is 0.345. The number of carbonyl (C=O) groups excluding carboxylic acids is 1. The molecule has 0 heterocycles. The monoisotopic (exact) mass is 424 g/mol. The predicted molar refractivity (Wildman–Crippen MR) is 107 cm³/mol. The number of nitrogens with zero attached hydrogens (tertiary/aromatic N) is 1. The number of halogens is 3. The number of anilines is 1. The Kier molecular flexibility index (Phi) is 8.33. The van der Waals surface area contributed by atoms with Gasteiger partial charge in [0.15, 0.2) is 34.9 Å². The summed E-state index contributed by atoms with van der Waals surface area (Å²) in [5.74, 6) is -3.60. The highest BCUT2D eigenvalue weighted by atomic mass is 19.2. The van der Waals surface area contributed by atoms with Gasteiger partial charge in [-0.15, -0.1) is 0 Å². The van der Waals surface area contributed by atoms with E-state index in [4.69, 9.17) is 9.47 Å². The van der Waals surface area contributed by atoms with Crippen LogP contribution in [0.1, 0.15) is 12.5 Å². The van der Waals surface area contributed by atoms with Crippen molar-refractivity contribution in [2.75, 3.05) is 32.6 Å². The Hall–Kier alpha value is -3.43. The molecule has 2 aromatic carbocycles. The molecule has 0 spiro atoms. The maximum Gasteiger partial charge on any atom is 0.243 e. The maximum atomic E-state index is 13.7. The molecule has 0 aromatic heterocycles. The van der Waals surface area contributed by atoms with Gasteiger partial charge in [0, 0.05) is 6.54 Å². The van der Waals surface area contributed by atoms with E-state index in [1.165, 1.54) is 7.11 Å². The van der Waals surface area contributed by atoms with Crippen LogP contribution in [0.2, 0.25) is 0 Å². The molecule has 7 nitrogen and oxygen atoms in total. The summed E-state index contributed by atoms with van der Waals surface area (Å²) >= 11 is 0. The van der Waals surface area contributed by atoms with Gasteiger partial charge in [0.1, 0.15) is 0 Å². The lowest BCUT2D eigenvalue weighted by Crippen LogP contribution is -2.41. The first-order valence-electron chi connectivity index (χ1n) is 9.06. The van der Waals surface area contributed by atoms with Crippen LogP contribution in [0.25, 0.3) is 0 Å². The lowest BCUT2D eigenvalue weighted by atomic mass is 10.2. The van der Waals surface area contributed by atoms with Crippen LogP contribution in [0.3, 0.4) is 0 Å². The number of carbonyl (C=O) groups is 1. The Morgan fingerprint density at radius 1 is 1.00 bits per heavy atom. The van der Waals surface area contributed by atoms with Crippen LogP contribution in [0.4, 0.5) is 18.9 Å². The molecular formula is C20H23F3N4O3. The molecule has 0 fully saturated rings. The van der Waals surface area contributed by atoms with Crippen LogP contribution in [-0.4, -0.2) is 39.2 Å². The molecule has 0 radical (unpaired) electrons. The minimum atomic E-state index is -1.65. The third-order valence-electron chi connectivity index (χ3n) is 3.94. The lowest BCUT2D eigenvalue weighted by Gasteiger charge is -2.13. The van der Waals surface area contributed by atoms with E-state index in [0.29, 0.717) is 24.0 Å². The highest BCUT2D eigenvalue weighted by Gasteiger charge is 2.15. The fraction of sp³-hybridized carbons (Fsp3) is 0.300. The van der Waals surface area contributed by atoms with Gasteiger partial charge >= 0.3 is 0 Å². The second-order valence-corrected chi connectivity index (χ2v) is 6.01. The molecular weight excluding hydrogens is 401 g/mol. The fourth-order valence-electron chi connectivity index (χ4n) is 2.47. The minimum absolute atomic E-state index is 0.268. The van der Waals surface area contributed by atoms with Gasteiger partial charge in [-0.1, -0.05) is 6.07 Å². The molecule has 2 aromatic rings. The first-order valence-corrected chi connectivity index (χ1v) is 9.06. The molecule has 30 heavy (non-hydrogen) atoms. The molecule has 162 valence electrons. The number of rotatable bonds is 8. The Bertz CT molecular complexity index is 922. The van der Waals surface area contributed by atoms with Crippen LogP contribution in [0.15, 0.2) is 35.3 Å². The van der Waals surface area contributed by atoms with Gasteiger partial charge in [0.25, 0.3) is 0 Å². The number of nitrogens with one attached hydrogen (secondary N) is 3. The first-order chi connectivity index (χ1) is 14.4. The molecule has 0 aliphatic carbocycles. The van der Waals surface area contributed by atoms with Crippen molar-refractivity contribution in [2.24, 2.45) is 4.99 Å². The number of methoxy groups -OCH3 is 2. The maximum absolute atomic E-state index is 13.7.